The van der Waals surface area contributed by atoms with E-state index in [0.717, 1.165) is 48.8 Å². The number of aromatic nitrogens is 2. The van der Waals surface area contributed by atoms with Crippen molar-refractivity contribution in [3.63, 3.8) is 0 Å². The molecule has 2 N–H and O–H groups in total. The maximum absolute atomic E-state index is 4.61. The van der Waals surface area contributed by atoms with Crippen LogP contribution in [0.25, 0.3) is 10.2 Å². The van der Waals surface area contributed by atoms with Gasteiger partial charge in [0.05, 0.1) is 5.39 Å². The molecule has 2 aromatic heterocycles. The van der Waals surface area contributed by atoms with Crippen LogP contribution in [-0.2, 0) is 0 Å². The van der Waals surface area contributed by atoms with Crippen molar-refractivity contribution in [1.29, 1.82) is 0 Å². The normalized spacial score (nSPS) is 11.3. The Morgan fingerprint density at radius 1 is 1.14 bits per heavy atom. The first kappa shape index (κ1) is 16.0. The summed E-state index contributed by atoms with van der Waals surface area (Å²) in [6, 6.07) is 2.16. The molecule has 2 aromatic rings. The topological polar surface area (TPSA) is 53.1 Å². The number of anilines is 2. The number of nitrogens with one attached hydrogen (secondary N) is 2. The van der Waals surface area contributed by atoms with Crippen molar-refractivity contribution in [1.82, 2.24) is 14.9 Å². The fourth-order valence-corrected chi connectivity index (χ4v) is 3.17. The Hall–Kier alpha value is -1.40. The molecule has 0 bridgehead atoms. The van der Waals surface area contributed by atoms with Crippen LogP contribution in [0.15, 0.2) is 6.07 Å². The number of thiophene rings is 1. The maximum Gasteiger partial charge on any atom is 0.226 e. The molecule has 5 nitrogen and oxygen atoms in total. The highest BCUT2D eigenvalue weighted by Gasteiger charge is 2.10. The number of likely N-dealkylation sites (N-methyl/N-ethyl adjacent to an activating group) is 1. The Kier molecular flexibility index (Phi) is 5.76. The third-order valence-electron chi connectivity index (χ3n) is 3.47. The summed E-state index contributed by atoms with van der Waals surface area (Å²) in [5.41, 5.74) is 0. The average molecular weight is 307 g/mol. The Morgan fingerprint density at radius 3 is 2.57 bits per heavy atom. The SMILES string of the molecule is CCNc1nc(NCCN(CC)CC)c2cc(C)sc2n1. The highest BCUT2D eigenvalue weighted by Crippen LogP contribution is 2.29. The monoisotopic (exact) mass is 307 g/mol. The zero-order chi connectivity index (χ0) is 15.2. The second-order valence-corrected chi connectivity index (χ2v) is 6.19. The largest absolute Gasteiger partial charge is 0.368 e. The standard InChI is InChI=1S/C15H25N5S/c1-5-16-15-18-13(17-8-9-20(6-2)7-3)12-10-11(4)21-14(12)19-15/h10H,5-9H2,1-4H3,(H2,16,17,18,19). The van der Waals surface area contributed by atoms with Gasteiger partial charge in [-0.3, -0.25) is 0 Å². The van der Waals surface area contributed by atoms with Crippen LogP contribution in [0.5, 0.6) is 0 Å². The lowest BCUT2D eigenvalue weighted by Crippen LogP contribution is -2.28. The Morgan fingerprint density at radius 2 is 1.90 bits per heavy atom. The molecule has 0 saturated heterocycles. The van der Waals surface area contributed by atoms with Crippen molar-refractivity contribution in [2.75, 3.05) is 43.4 Å². The summed E-state index contributed by atoms with van der Waals surface area (Å²) in [6.45, 7) is 13.5. The average Bonchev–Trinajstić information content (AvgIpc) is 2.84. The van der Waals surface area contributed by atoms with Gasteiger partial charge in [0.1, 0.15) is 10.6 Å². The molecule has 2 rings (SSSR count). The fraction of sp³-hybridized carbons (Fsp3) is 0.600. The lowest BCUT2D eigenvalue weighted by atomic mass is 10.3. The number of hydrogen-bond acceptors (Lipinski definition) is 6. The van der Waals surface area contributed by atoms with Crippen LogP contribution in [0.1, 0.15) is 25.6 Å². The minimum Gasteiger partial charge on any atom is -0.368 e. The Labute approximate surface area is 130 Å². The third kappa shape index (κ3) is 4.04. The van der Waals surface area contributed by atoms with Gasteiger partial charge in [-0.1, -0.05) is 13.8 Å². The van der Waals surface area contributed by atoms with Crippen molar-refractivity contribution in [3.05, 3.63) is 10.9 Å². The summed E-state index contributed by atoms with van der Waals surface area (Å²) in [5.74, 6) is 1.64. The van der Waals surface area contributed by atoms with E-state index in [-0.39, 0.29) is 0 Å². The Balaban J connectivity index is 2.16. The zero-order valence-corrected chi connectivity index (χ0v) is 14.2. The molecule has 0 saturated carbocycles. The van der Waals surface area contributed by atoms with Gasteiger partial charge in [-0.25, -0.2) is 4.98 Å². The number of nitrogens with zero attached hydrogens (tertiary/aromatic N) is 3. The molecule has 0 atom stereocenters. The van der Waals surface area contributed by atoms with Crippen LogP contribution in [0.3, 0.4) is 0 Å². The van der Waals surface area contributed by atoms with E-state index in [4.69, 9.17) is 0 Å². The predicted molar refractivity (Wildman–Crippen MR) is 92.6 cm³/mol. The first-order chi connectivity index (χ1) is 10.2. The third-order valence-corrected chi connectivity index (χ3v) is 4.41. The van der Waals surface area contributed by atoms with E-state index < -0.39 is 0 Å². The van der Waals surface area contributed by atoms with Gasteiger partial charge in [0, 0.05) is 24.5 Å². The highest BCUT2D eigenvalue weighted by molar-refractivity contribution is 7.18. The Bertz CT molecular complexity index is 577. The molecule has 0 spiro atoms. The minimum atomic E-state index is 0.706. The summed E-state index contributed by atoms with van der Waals surface area (Å²) >= 11 is 1.71. The first-order valence-electron chi connectivity index (χ1n) is 7.66. The van der Waals surface area contributed by atoms with Crippen LogP contribution in [0, 0.1) is 6.92 Å². The molecule has 0 aliphatic heterocycles. The van der Waals surface area contributed by atoms with Gasteiger partial charge in [0.25, 0.3) is 0 Å². The number of hydrogen-bond donors (Lipinski definition) is 2. The van der Waals surface area contributed by atoms with Crippen molar-refractivity contribution in [3.8, 4) is 0 Å². The summed E-state index contributed by atoms with van der Waals surface area (Å²) in [7, 11) is 0. The second-order valence-electron chi connectivity index (χ2n) is 4.96. The van der Waals surface area contributed by atoms with Crippen molar-refractivity contribution in [2.45, 2.75) is 27.7 Å². The molecule has 21 heavy (non-hydrogen) atoms. The van der Waals surface area contributed by atoms with E-state index in [1.54, 1.807) is 11.3 Å². The van der Waals surface area contributed by atoms with Crippen LogP contribution in [0.4, 0.5) is 11.8 Å². The number of aryl methyl sites for hydroxylation is 1. The highest BCUT2D eigenvalue weighted by atomic mass is 32.1. The van der Waals surface area contributed by atoms with Gasteiger partial charge in [0.15, 0.2) is 0 Å². The molecule has 2 heterocycles. The van der Waals surface area contributed by atoms with Crippen LogP contribution in [0.2, 0.25) is 0 Å². The van der Waals surface area contributed by atoms with Gasteiger partial charge < -0.3 is 15.5 Å². The maximum atomic E-state index is 4.61. The van der Waals surface area contributed by atoms with E-state index in [1.807, 2.05) is 0 Å². The van der Waals surface area contributed by atoms with E-state index in [1.165, 1.54) is 4.88 Å². The minimum absolute atomic E-state index is 0.706. The summed E-state index contributed by atoms with van der Waals surface area (Å²) in [6.07, 6.45) is 0. The molecular weight excluding hydrogens is 282 g/mol. The second kappa shape index (κ2) is 7.56. The summed E-state index contributed by atoms with van der Waals surface area (Å²) in [5, 5.41) is 7.80. The first-order valence-corrected chi connectivity index (χ1v) is 8.47. The molecule has 0 aliphatic rings. The van der Waals surface area contributed by atoms with E-state index >= 15 is 0 Å². The lowest BCUT2D eigenvalue weighted by molar-refractivity contribution is 0.316. The van der Waals surface area contributed by atoms with Crippen molar-refractivity contribution < 1.29 is 0 Å². The van der Waals surface area contributed by atoms with E-state index in [2.05, 4.69) is 59.3 Å². The lowest BCUT2D eigenvalue weighted by Gasteiger charge is -2.18. The molecule has 0 fully saturated rings. The smallest absolute Gasteiger partial charge is 0.226 e. The predicted octanol–water partition coefficient (Wildman–Crippen LogP) is 3.19. The summed E-state index contributed by atoms with van der Waals surface area (Å²) < 4.78 is 0. The van der Waals surface area contributed by atoms with Crippen LogP contribution >= 0.6 is 11.3 Å². The van der Waals surface area contributed by atoms with Gasteiger partial charge >= 0.3 is 0 Å². The van der Waals surface area contributed by atoms with Crippen LogP contribution < -0.4 is 10.6 Å². The van der Waals surface area contributed by atoms with Crippen LogP contribution in [-0.4, -0.2) is 47.6 Å². The van der Waals surface area contributed by atoms with E-state index in [0.29, 0.717) is 5.95 Å². The molecule has 116 valence electrons. The van der Waals surface area contributed by atoms with Gasteiger partial charge in [-0.15, -0.1) is 11.3 Å². The fourth-order valence-electron chi connectivity index (χ4n) is 2.29. The molecule has 0 aromatic carbocycles. The molecular formula is C15H25N5S. The molecule has 0 aliphatic carbocycles. The van der Waals surface area contributed by atoms with Gasteiger partial charge in [-0.2, -0.15) is 4.98 Å². The number of rotatable bonds is 8. The zero-order valence-electron chi connectivity index (χ0n) is 13.4. The quantitative estimate of drug-likeness (QED) is 0.784. The van der Waals surface area contributed by atoms with E-state index in [9.17, 15) is 0 Å². The van der Waals surface area contributed by atoms with Crippen molar-refractivity contribution >= 4 is 33.3 Å². The van der Waals surface area contributed by atoms with Gasteiger partial charge in [-0.05, 0) is 33.0 Å². The molecule has 6 heteroatoms. The van der Waals surface area contributed by atoms with Crippen molar-refractivity contribution in [2.24, 2.45) is 0 Å². The van der Waals surface area contributed by atoms with Gasteiger partial charge in [0.2, 0.25) is 5.95 Å². The molecule has 0 amide bonds. The molecule has 0 unspecified atom stereocenters. The number of fused-ring (bicyclic) bond motifs is 1. The molecule has 0 radical (unpaired) electrons. The summed E-state index contributed by atoms with van der Waals surface area (Å²) in [4.78, 5) is 13.9.